The summed E-state index contributed by atoms with van der Waals surface area (Å²) in [6.45, 7) is 1.44. The molecular weight excluding hydrogens is 233 g/mol. The Bertz CT molecular complexity index is 444. The predicted molar refractivity (Wildman–Crippen MR) is 68.0 cm³/mol. The lowest BCUT2D eigenvalue weighted by Gasteiger charge is -2.19. The van der Waals surface area contributed by atoms with Crippen molar-refractivity contribution in [2.45, 2.75) is 12.8 Å². The van der Waals surface area contributed by atoms with E-state index in [1.807, 2.05) is 0 Å². The van der Waals surface area contributed by atoms with Gasteiger partial charge in [-0.25, -0.2) is 0 Å². The predicted octanol–water partition coefficient (Wildman–Crippen LogP) is -0.389. The third-order valence-electron chi connectivity index (χ3n) is 3.17. The number of methoxy groups -OCH3 is 1. The highest BCUT2D eigenvalue weighted by molar-refractivity contribution is 6.61. The summed E-state index contributed by atoms with van der Waals surface area (Å²) in [7, 11) is -0.284. The van der Waals surface area contributed by atoms with E-state index in [1.54, 1.807) is 23.1 Å². The third kappa shape index (κ3) is 2.35. The van der Waals surface area contributed by atoms with Gasteiger partial charge in [0.2, 0.25) is 0 Å². The second-order valence-electron chi connectivity index (χ2n) is 4.29. The van der Waals surface area contributed by atoms with Gasteiger partial charge in [0, 0.05) is 24.1 Å². The zero-order valence-corrected chi connectivity index (χ0v) is 10.3. The van der Waals surface area contributed by atoms with Crippen LogP contribution < -0.4 is 10.2 Å². The van der Waals surface area contributed by atoms with Crippen molar-refractivity contribution in [3.05, 3.63) is 23.8 Å². The van der Waals surface area contributed by atoms with Gasteiger partial charge in [-0.05, 0) is 25.0 Å². The molecule has 6 heteroatoms. The molecule has 1 saturated heterocycles. The van der Waals surface area contributed by atoms with Gasteiger partial charge in [0.1, 0.15) is 5.75 Å². The van der Waals surface area contributed by atoms with E-state index < -0.39 is 7.12 Å². The zero-order valence-electron chi connectivity index (χ0n) is 10.3. The Morgan fingerprint density at radius 2 is 2.00 bits per heavy atom. The second-order valence-corrected chi connectivity index (χ2v) is 4.29. The van der Waals surface area contributed by atoms with Crippen molar-refractivity contribution < 1.29 is 19.6 Å². The molecule has 0 aliphatic carbocycles. The fourth-order valence-corrected chi connectivity index (χ4v) is 2.27. The minimum Gasteiger partial charge on any atom is -0.497 e. The fraction of sp³-hybridized carbons (Fsp3) is 0.417. The van der Waals surface area contributed by atoms with Crippen molar-refractivity contribution in [3.63, 3.8) is 0 Å². The molecule has 0 unspecified atom stereocenters. The largest absolute Gasteiger partial charge is 0.497 e. The van der Waals surface area contributed by atoms with Crippen molar-refractivity contribution in [2.75, 3.05) is 20.2 Å². The van der Waals surface area contributed by atoms with Crippen molar-refractivity contribution in [2.24, 2.45) is 0 Å². The normalized spacial score (nSPS) is 14.7. The number of carbonyl (C=O) groups is 1. The number of benzene rings is 1. The first-order valence-electron chi connectivity index (χ1n) is 5.97. The van der Waals surface area contributed by atoms with Gasteiger partial charge < -0.3 is 19.7 Å². The van der Waals surface area contributed by atoms with Gasteiger partial charge in [-0.2, -0.15) is 0 Å². The summed E-state index contributed by atoms with van der Waals surface area (Å²) in [4.78, 5) is 14.0. The lowest BCUT2D eigenvalue weighted by molar-refractivity contribution is 0.0793. The zero-order chi connectivity index (χ0) is 13.1. The first-order chi connectivity index (χ1) is 8.65. The summed E-state index contributed by atoms with van der Waals surface area (Å²) in [6, 6.07) is 4.88. The van der Waals surface area contributed by atoms with Crippen LogP contribution in [-0.4, -0.2) is 48.2 Å². The maximum Gasteiger partial charge on any atom is 0.493 e. The molecule has 0 aromatic heterocycles. The van der Waals surface area contributed by atoms with E-state index in [1.165, 1.54) is 7.11 Å². The molecule has 1 aliphatic rings. The van der Waals surface area contributed by atoms with Crippen LogP contribution in [0.1, 0.15) is 23.2 Å². The Hall–Kier alpha value is -1.53. The van der Waals surface area contributed by atoms with Crippen molar-refractivity contribution in [1.82, 2.24) is 4.90 Å². The van der Waals surface area contributed by atoms with Gasteiger partial charge >= 0.3 is 7.12 Å². The van der Waals surface area contributed by atoms with Gasteiger partial charge in [0.05, 0.1) is 7.11 Å². The number of carbonyl (C=O) groups excluding carboxylic acids is 1. The van der Waals surface area contributed by atoms with E-state index in [0.717, 1.165) is 25.9 Å². The molecule has 1 aromatic carbocycles. The van der Waals surface area contributed by atoms with Gasteiger partial charge in [-0.1, -0.05) is 6.07 Å². The molecule has 2 N–H and O–H groups in total. The van der Waals surface area contributed by atoms with Crippen LogP contribution in [0.3, 0.4) is 0 Å². The van der Waals surface area contributed by atoms with Crippen LogP contribution in [0, 0.1) is 0 Å². The minimum absolute atomic E-state index is 0.136. The summed E-state index contributed by atoms with van der Waals surface area (Å²) in [6.07, 6.45) is 1.99. The Balaban J connectivity index is 2.39. The van der Waals surface area contributed by atoms with Crippen LogP contribution in [0.15, 0.2) is 18.2 Å². The number of ether oxygens (including phenoxy) is 1. The number of hydrogen-bond donors (Lipinski definition) is 2. The molecule has 96 valence electrons. The Morgan fingerprint density at radius 1 is 1.33 bits per heavy atom. The van der Waals surface area contributed by atoms with E-state index in [0.29, 0.717) is 11.3 Å². The average molecular weight is 249 g/mol. The first-order valence-corrected chi connectivity index (χ1v) is 5.97. The molecule has 2 rings (SSSR count). The van der Waals surface area contributed by atoms with Crippen molar-refractivity contribution in [1.29, 1.82) is 0 Å². The molecule has 5 nitrogen and oxygen atoms in total. The molecule has 0 spiro atoms. The second kappa shape index (κ2) is 5.41. The lowest BCUT2D eigenvalue weighted by Crippen LogP contribution is -2.40. The summed E-state index contributed by atoms with van der Waals surface area (Å²) >= 11 is 0. The van der Waals surface area contributed by atoms with Gasteiger partial charge in [0.25, 0.3) is 5.91 Å². The SMILES string of the molecule is COc1cccc(C(=O)N2CCCC2)c1B(O)O. The van der Waals surface area contributed by atoms with Gasteiger partial charge in [0.15, 0.2) is 0 Å². The highest BCUT2D eigenvalue weighted by Crippen LogP contribution is 2.16. The molecule has 0 radical (unpaired) electrons. The summed E-state index contributed by atoms with van der Waals surface area (Å²) < 4.78 is 5.07. The molecule has 1 aromatic rings. The maximum atomic E-state index is 12.3. The summed E-state index contributed by atoms with van der Waals surface area (Å²) in [5, 5.41) is 18.8. The highest BCUT2D eigenvalue weighted by atomic mass is 16.5. The maximum absolute atomic E-state index is 12.3. The summed E-state index contributed by atoms with van der Waals surface area (Å²) in [5.74, 6) is 0.143. The Morgan fingerprint density at radius 3 is 2.56 bits per heavy atom. The number of hydrogen-bond acceptors (Lipinski definition) is 4. The van der Waals surface area contributed by atoms with E-state index in [-0.39, 0.29) is 11.4 Å². The van der Waals surface area contributed by atoms with Crippen molar-refractivity contribution >= 4 is 18.5 Å². The molecule has 1 heterocycles. The highest BCUT2D eigenvalue weighted by Gasteiger charge is 2.28. The Labute approximate surface area is 106 Å². The third-order valence-corrected chi connectivity index (χ3v) is 3.17. The monoisotopic (exact) mass is 249 g/mol. The van der Waals surface area contributed by atoms with Crippen LogP contribution in [0.5, 0.6) is 5.75 Å². The minimum atomic E-state index is -1.72. The molecule has 0 bridgehead atoms. The first kappa shape index (κ1) is 12.9. The molecule has 1 amide bonds. The molecule has 0 saturated carbocycles. The van der Waals surface area contributed by atoms with Crippen molar-refractivity contribution in [3.8, 4) is 5.75 Å². The van der Waals surface area contributed by atoms with E-state index in [9.17, 15) is 14.8 Å². The summed E-state index contributed by atoms with van der Waals surface area (Å²) in [5.41, 5.74) is 0.433. The van der Waals surface area contributed by atoms with E-state index in [4.69, 9.17) is 4.74 Å². The van der Waals surface area contributed by atoms with Gasteiger partial charge in [-0.15, -0.1) is 0 Å². The lowest BCUT2D eigenvalue weighted by atomic mass is 9.76. The van der Waals surface area contributed by atoms with E-state index >= 15 is 0 Å². The van der Waals surface area contributed by atoms with Gasteiger partial charge in [-0.3, -0.25) is 4.79 Å². The fourth-order valence-electron chi connectivity index (χ4n) is 2.27. The van der Waals surface area contributed by atoms with Crippen LogP contribution in [0.4, 0.5) is 0 Å². The van der Waals surface area contributed by atoms with Crippen LogP contribution in [0.25, 0.3) is 0 Å². The smallest absolute Gasteiger partial charge is 0.493 e. The topological polar surface area (TPSA) is 70.0 Å². The van der Waals surface area contributed by atoms with Crippen LogP contribution >= 0.6 is 0 Å². The molecule has 1 fully saturated rings. The molecule has 0 atom stereocenters. The standard InChI is InChI=1S/C12H16BNO4/c1-18-10-6-4-5-9(11(10)13(16)17)12(15)14-7-2-3-8-14/h4-6,16-17H,2-3,7-8H2,1H3. The molecular formula is C12H16BNO4. The van der Waals surface area contributed by atoms with E-state index in [2.05, 4.69) is 0 Å². The van der Waals surface area contributed by atoms with Crippen LogP contribution in [-0.2, 0) is 0 Å². The quantitative estimate of drug-likeness (QED) is 0.716. The number of amides is 1. The number of nitrogens with zero attached hydrogens (tertiary/aromatic N) is 1. The number of rotatable bonds is 3. The Kier molecular flexibility index (Phi) is 3.89. The number of likely N-dealkylation sites (tertiary alicyclic amines) is 1. The van der Waals surface area contributed by atoms with Crippen LogP contribution in [0.2, 0.25) is 0 Å². The molecule has 18 heavy (non-hydrogen) atoms. The molecule has 1 aliphatic heterocycles. The average Bonchev–Trinajstić information content (AvgIpc) is 2.90.